The Bertz CT molecular complexity index is 1140. The fourth-order valence-corrected chi connectivity index (χ4v) is 2.70. The highest BCUT2D eigenvalue weighted by atomic mass is 16.6. The Hall–Kier alpha value is -4.21. The number of nitrogens with one attached hydrogen (secondary N) is 1. The third kappa shape index (κ3) is 4.61. The van der Waals surface area contributed by atoms with Crippen molar-refractivity contribution < 1.29 is 23.8 Å². The fraction of sp³-hybridized carbons (Fsp3) is 0.150. The quantitative estimate of drug-likeness (QED) is 0.445. The van der Waals surface area contributed by atoms with E-state index < -0.39 is 15.8 Å². The van der Waals surface area contributed by atoms with Crippen LogP contribution < -0.4 is 10.1 Å². The average molecular weight is 411 g/mol. The van der Waals surface area contributed by atoms with Gasteiger partial charge in [-0.15, -0.1) is 0 Å². The van der Waals surface area contributed by atoms with E-state index in [0.29, 0.717) is 5.56 Å². The van der Waals surface area contributed by atoms with Gasteiger partial charge in [0.15, 0.2) is 11.5 Å². The number of hydrogen-bond donors (Lipinski definition) is 1. The van der Waals surface area contributed by atoms with Crippen molar-refractivity contribution >= 4 is 23.0 Å². The van der Waals surface area contributed by atoms with Gasteiger partial charge in [0, 0.05) is 12.1 Å². The van der Waals surface area contributed by atoms with Crippen molar-refractivity contribution in [3.63, 3.8) is 0 Å². The first-order chi connectivity index (χ1) is 14.2. The van der Waals surface area contributed by atoms with Gasteiger partial charge < -0.3 is 14.5 Å². The lowest BCUT2D eigenvalue weighted by Gasteiger charge is -2.06. The zero-order valence-corrected chi connectivity index (χ0v) is 16.1. The van der Waals surface area contributed by atoms with Crippen LogP contribution in [0, 0.1) is 34.1 Å². The molecule has 0 bridgehead atoms. The molecule has 0 aliphatic carbocycles. The first-order valence-electron chi connectivity index (χ1n) is 8.77. The van der Waals surface area contributed by atoms with Crippen LogP contribution in [0.2, 0.25) is 0 Å². The van der Waals surface area contributed by atoms with Crippen LogP contribution in [0.3, 0.4) is 0 Å². The number of hydrogen-bond acceptors (Lipinski definition) is 7. The molecule has 0 unspecified atom stereocenters. The molecule has 0 saturated carbocycles. The molecule has 30 heavy (non-hydrogen) atoms. The second-order valence-electron chi connectivity index (χ2n) is 6.51. The van der Waals surface area contributed by atoms with E-state index in [1.807, 2.05) is 0 Å². The van der Waals surface area contributed by atoms with Gasteiger partial charge in [0.2, 0.25) is 0 Å². The summed E-state index contributed by atoms with van der Waals surface area (Å²) >= 11 is 0. The molecule has 154 valence electrons. The molecule has 0 aliphatic rings. The van der Waals surface area contributed by atoms with E-state index >= 15 is 0 Å². The van der Waals surface area contributed by atoms with Crippen molar-refractivity contribution in [1.29, 1.82) is 0 Å². The van der Waals surface area contributed by atoms with E-state index in [1.54, 1.807) is 26.0 Å². The minimum Gasteiger partial charge on any atom is -0.479 e. The average Bonchev–Trinajstić information content (AvgIpc) is 3.17. The summed E-state index contributed by atoms with van der Waals surface area (Å²) in [5.41, 5.74) is 1.04. The first kappa shape index (κ1) is 20.5. The summed E-state index contributed by atoms with van der Waals surface area (Å²) in [6, 6.07) is 11.9. The highest BCUT2D eigenvalue weighted by molar-refractivity contribution is 6.03. The largest absolute Gasteiger partial charge is 0.479 e. The van der Waals surface area contributed by atoms with Gasteiger partial charge in [-0.2, -0.15) is 0 Å². The maximum Gasteiger partial charge on any atom is 0.311 e. The maximum atomic E-state index is 12.4. The van der Waals surface area contributed by atoms with Crippen molar-refractivity contribution in [2.75, 3.05) is 5.32 Å². The molecule has 0 aliphatic heterocycles. The van der Waals surface area contributed by atoms with Crippen LogP contribution in [0.15, 0.2) is 52.9 Å². The Morgan fingerprint density at radius 3 is 2.27 bits per heavy atom. The van der Waals surface area contributed by atoms with E-state index in [9.17, 15) is 25.0 Å². The van der Waals surface area contributed by atoms with Gasteiger partial charge in [-0.1, -0.05) is 12.1 Å². The summed E-state index contributed by atoms with van der Waals surface area (Å²) in [4.78, 5) is 33.6. The number of nitro benzene ring substituents is 2. The monoisotopic (exact) mass is 411 g/mol. The van der Waals surface area contributed by atoms with Crippen LogP contribution in [0.25, 0.3) is 0 Å². The van der Waals surface area contributed by atoms with Gasteiger partial charge in [0.1, 0.15) is 18.1 Å². The van der Waals surface area contributed by atoms with E-state index in [2.05, 4.69) is 5.32 Å². The fourth-order valence-electron chi connectivity index (χ4n) is 2.70. The minimum atomic E-state index is -0.672. The number of nitrogens with zero attached hydrogens (tertiary/aromatic N) is 2. The molecule has 0 fully saturated rings. The Labute approximate surface area is 170 Å². The summed E-state index contributed by atoms with van der Waals surface area (Å²) in [5, 5.41) is 24.8. The second-order valence-corrected chi connectivity index (χ2v) is 6.51. The molecule has 1 heterocycles. The number of carbonyl (C=O) groups is 1. The highest BCUT2D eigenvalue weighted by Gasteiger charge is 2.20. The summed E-state index contributed by atoms with van der Waals surface area (Å²) in [5.74, 6) is -0.423. The van der Waals surface area contributed by atoms with Gasteiger partial charge in [-0.05, 0) is 49.2 Å². The third-order valence-corrected chi connectivity index (χ3v) is 4.16. The number of benzene rings is 2. The third-order valence-electron chi connectivity index (χ3n) is 4.16. The Kier molecular flexibility index (Phi) is 5.77. The number of furan rings is 1. The summed E-state index contributed by atoms with van der Waals surface area (Å²) in [6.07, 6.45) is 0. The van der Waals surface area contributed by atoms with Gasteiger partial charge in [-0.25, -0.2) is 0 Å². The maximum absolute atomic E-state index is 12.4. The molecule has 1 amide bonds. The predicted octanol–water partition coefficient (Wildman–Crippen LogP) is 4.54. The molecule has 10 heteroatoms. The number of aryl methyl sites for hydroxylation is 2. The van der Waals surface area contributed by atoms with Gasteiger partial charge in [-0.3, -0.25) is 25.0 Å². The van der Waals surface area contributed by atoms with E-state index in [1.165, 1.54) is 36.4 Å². The Morgan fingerprint density at radius 2 is 1.60 bits per heavy atom. The number of ether oxygens (including phenoxy) is 1. The number of anilines is 1. The number of amides is 1. The molecular weight excluding hydrogens is 394 g/mol. The van der Waals surface area contributed by atoms with Gasteiger partial charge in [0.05, 0.1) is 9.85 Å². The van der Waals surface area contributed by atoms with Crippen molar-refractivity contribution in [2.24, 2.45) is 0 Å². The SMILES string of the molecule is Cc1ccc(NC(=O)c2ccc(COc3ccc(C)cc3[N+](=O)[O-])o2)c([N+](=O)[O-])c1. The number of nitro groups is 2. The lowest BCUT2D eigenvalue weighted by atomic mass is 10.2. The molecule has 1 N–H and O–H groups in total. The van der Waals surface area contributed by atoms with Crippen LogP contribution in [-0.4, -0.2) is 15.8 Å². The molecule has 0 radical (unpaired) electrons. The van der Waals surface area contributed by atoms with Crippen LogP contribution in [-0.2, 0) is 6.61 Å². The normalized spacial score (nSPS) is 10.5. The van der Waals surface area contributed by atoms with Crippen molar-refractivity contribution in [2.45, 2.75) is 20.5 Å². The van der Waals surface area contributed by atoms with Gasteiger partial charge in [0.25, 0.3) is 11.6 Å². The predicted molar refractivity (Wildman–Crippen MR) is 107 cm³/mol. The Morgan fingerprint density at radius 1 is 0.967 bits per heavy atom. The minimum absolute atomic E-state index is 0.0417. The highest BCUT2D eigenvalue weighted by Crippen LogP contribution is 2.29. The molecule has 0 atom stereocenters. The van der Waals surface area contributed by atoms with Crippen LogP contribution in [0.1, 0.15) is 27.4 Å². The number of carbonyl (C=O) groups excluding carboxylic acids is 1. The molecule has 1 aromatic heterocycles. The molecule has 10 nitrogen and oxygen atoms in total. The molecular formula is C20H17N3O7. The smallest absolute Gasteiger partial charge is 0.311 e. The van der Waals surface area contributed by atoms with Crippen LogP contribution in [0.5, 0.6) is 5.75 Å². The van der Waals surface area contributed by atoms with E-state index in [4.69, 9.17) is 9.15 Å². The molecule has 0 spiro atoms. The Balaban J connectivity index is 1.71. The molecule has 0 saturated heterocycles. The van der Waals surface area contributed by atoms with Crippen molar-refractivity contribution in [3.05, 3.63) is 91.4 Å². The van der Waals surface area contributed by atoms with E-state index in [-0.39, 0.29) is 40.9 Å². The van der Waals surface area contributed by atoms with Crippen LogP contribution in [0.4, 0.5) is 17.1 Å². The summed E-state index contributed by atoms with van der Waals surface area (Å²) in [6.45, 7) is 3.30. The van der Waals surface area contributed by atoms with Crippen molar-refractivity contribution in [1.82, 2.24) is 0 Å². The lowest BCUT2D eigenvalue weighted by Crippen LogP contribution is -2.12. The molecule has 2 aromatic carbocycles. The van der Waals surface area contributed by atoms with Gasteiger partial charge >= 0.3 is 5.69 Å². The zero-order chi connectivity index (χ0) is 21.8. The standard InChI is InChI=1S/C20H17N3O7/c1-12-3-6-15(16(9-12)22(25)26)21-20(24)19-8-5-14(30-19)11-29-18-7-4-13(2)10-17(18)23(27)28/h3-10H,11H2,1-2H3,(H,21,24). The zero-order valence-electron chi connectivity index (χ0n) is 16.1. The van der Waals surface area contributed by atoms with Crippen LogP contribution >= 0.6 is 0 Å². The van der Waals surface area contributed by atoms with E-state index in [0.717, 1.165) is 5.56 Å². The topological polar surface area (TPSA) is 138 Å². The molecule has 3 aromatic rings. The molecule has 3 rings (SSSR count). The first-order valence-corrected chi connectivity index (χ1v) is 8.77. The van der Waals surface area contributed by atoms with Crippen molar-refractivity contribution in [3.8, 4) is 5.75 Å². The summed E-state index contributed by atoms with van der Waals surface area (Å²) in [7, 11) is 0. The number of rotatable bonds is 7. The summed E-state index contributed by atoms with van der Waals surface area (Å²) < 4.78 is 10.9. The second kappa shape index (κ2) is 8.43. The lowest BCUT2D eigenvalue weighted by molar-refractivity contribution is -0.386.